The number of hydrogen-bond acceptors (Lipinski definition) is 3. The Hall–Kier alpha value is -2.17. The van der Waals surface area contributed by atoms with Crippen molar-refractivity contribution in [2.24, 2.45) is 5.73 Å². The molecule has 5 nitrogen and oxygen atoms in total. The van der Waals surface area contributed by atoms with Crippen molar-refractivity contribution in [3.05, 3.63) is 34.3 Å². The summed E-state index contributed by atoms with van der Waals surface area (Å²) < 4.78 is 0. The number of rotatable bonds is 2. The van der Waals surface area contributed by atoms with Crippen LogP contribution < -0.4 is 5.73 Å². The number of H-pyrrole nitrogens is 1. The smallest absolute Gasteiger partial charge is 0.250 e. The average molecular weight is 244 g/mol. The highest BCUT2D eigenvalue weighted by Gasteiger charge is 2.18. The van der Waals surface area contributed by atoms with E-state index in [0.29, 0.717) is 11.3 Å². The minimum atomic E-state index is -0.472. The second-order valence-corrected chi connectivity index (χ2v) is 4.46. The Morgan fingerprint density at radius 1 is 1.22 bits per heavy atom. The number of nitrogens with zero attached hydrogens (tertiary/aromatic N) is 2. The molecule has 0 atom stereocenters. The molecule has 94 valence electrons. The zero-order valence-electron chi connectivity index (χ0n) is 11.0. The van der Waals surface area contributed by atoms with E-state index in [2.05, 4.69) is 15.2 Å². The highest BCUT2D eigenvalue weighted by atomic mass is 16.1. The number of amides is 1. The van der Waals surface area contributed by atoms with Crippen LogP contribution in [0.4, 0.5) is 0 Å². The molecular weight excluding hydrogens is 228 g/mol. The molecule has 2 aromatic rings. The Balaban J connectivity index is 2.78. The van der Waals surface area contributed by atoms with Crippen LogP contribution in [0.25, 0.3) is 11.3 Å². The molecule has 1 amide bonds. The first-order chi connectivity index (χ1) is 8.41. The molecule has 0 aromatic carbocycles. The number of primary amides is 1. The summed E-state index contributed by atoms with van der Waals surface area (Å²) in [6.07, 6.45) is 0. The minimum absolute atomic E-state index is 0.436. The van der Waals surface area contributed by atoms with Gasteiger partial charge in [-0.15, -0.1) is 0 Å². The van der Waals surface area contributed by atoms with Gasteiger partial charge in [-0.3, -0.25) is 14.9 Å². The van der Waals surface area contributed by atoms with E-state index in [0.717, 1.165) is 28.2 Å². The molecule has 0 saturated heterocycles. The van der Waals surface area contributed by atoms with Gasteiger partial charge < -0.3 is 5.73 Å². The summed E-state index contributed by atoms with van der Waals surface area (Å²) in [5.41, 5.74) is 10.9. The van der Waals surface area contributed by atoms with Gasteiger partial charge in [0.1, 0.15) is 0 Å². The van der Waals surface area contributed by atoms with Gasteiger partial charge in [0, 0.05) is 17.0 Å². The quantitative estimate of drug-likeness (QED) is 0.844. The average Bonchev–Trinajstić information content (AvgIpc) is 2.62. The first-order valence-electron chi connectivity index (χ1n) is 5.71. The van der Waals surface area contributed by atoms with Crippen molar-refractivity contribution in [1.29, 1.82) is 0 Å². The third kappa shape index (κ3) is 1.88. The van der Waals surface area contributed by atoms with Crippen molar-refractivity contribution < 1.29 is 4.79 Å². The van der Waals surface area contributed by atoms with Gasteiger partial charge in [-0.25, -0.2) is 0 Å². The molecule has 0 fully saturated rings. The van der Waals surface area contributed by atoms with Crippen LogP contribution in [0.3, 0.4) is 0 Å². The maximum atomic E-state index is 11.6. The summed E-state index contributed by atoms with van der Waals surface area (Å²) in [5, 5.41) is 7.02. The zero-order chi connectivity index (χ0) is 13.4. The van der Waals surface area contributed by atoms with Gasteiger partial charge >= 0.3 is 0 Å². The predicted molar refractivity (Wildman–Crippen MR) is 69.3 cm³/mol. The highest BCUT2D eigenvalue weighted by molar-refractivity contribution is 5.99. The van der Waals surface area contributed by atoms with E-state index in [1.165, 1.54) is 0 Å². The van der Waals surface area contributed by atoms with E-state index in [4.69, 9.17) is 5.73 Å². The normalized spacial score (nSPS) is 10.7. The van der Waals surface area contributed by atoms with Crippen LogP contribution in [-0.2, 0) is 0 Å². The van der Waals surface area contributed by atoms with Crippen molar-refractivity contribution in [3.63, 3.8) is 0 Å². The molecule has 0 aliphatic rings. The SMILES string of the molecule is Cc1cc(C(N)=O)c(-c2c(C)n[nH]c2C)nc1C. The predicted octanol–water partition coefficient (Wildman–Crippen LogP) is 1.80. The first-order valence-corrected chi connectivity index (χ1v) is 5.71. The molecule has 2 rings (SSSR count). The summed E-state index contributed by atoms with van der Waals surface area (Å²) in [6, 6.07) is 1.78. The lowest BCUT2D eigenvalue weighted by atomic mass is 10.0. The lowest BCUT2D eigenvalue weighted by Gasteiger charge is -2.09. The number of pyridine rings is 1. The zero-order valence-corrected chi connectivity index (χ0v) is 11.0. The Morgan fingerprint density at radius 2 is 1.89 bits per heavy atom. The third-order valence-corrected chi connectivity index (χ3v) is 3.10. The number of aromatic amines is 1. The van der Waals surface area contributed by atoms with Crippen molar-refractivity contribution in [3.8, 4) is 11.3 Å². The van der Waals surface area contributed by atoms with E-state index >= 15 is 0 Å². The van der Waals surface area contributed by atoms with E-state index < -0.39 is 5.91 Å². The molecule has 2 heterocycles. The van der Waals surface area contributed by atoms with Crippen LogP contribution in [0.15, 0.2) is 6.07 Å². The number of nitrogens with one attached hydrogen (secondary N) is 1. The number of carbonyl (C=O) groups excluding carboxylic acids is 1. The van der Waals surface area contributed by atoms with Gasteiger partial charge in [-0.1, -0.05) is 0 Å². The monoisotopic (exact) mass is 244 g/mol. The van der Waals surface area contributed by atoms with Gasteiger partial charge in [-0.2, -0.15) is 5.10 Å². The third-order valence-electron chi connectivity index (χ3n) is 3.10. The van der Waals surface area contributed by atoms with Crippen molar-refractivity contribution in [1.82, 2.24) is 15.2 Å². The number of aromatic nitrogens is 3. The largest absolute Gasteiger partial charge is 0.366 e. The number of aryl methyl sites for hydroxylation is 4. The van der Waals surface area contributed by atoms with Gasteiger partial charge in [0.2, 0.25) is 0 Å². The molecule has 0 spiro atoms. The molecule has 18 heavy (non-hydrogen) atoms. The first kappa shape index (κ1) is 12.3. The fourth-order valence-corrected chi connectivity index (χ4v) is 1.98. The molecule has 2 aromatic heterocycles. The Kier molecular flexibility index (Phi) is 2.90. The van der Waals surface area contributed by atoms with Crippen LogP contribution >= 0.6 is 0 Å². The summed E-state index contributed by atoms with van der Waals surface area (Å²) in [4.78, 5) is 16.1. The van der Waals surface area contributed by atoms with Gasteiger partial charge in [0.15, 0.2) is 0 Å². The van der Waals surface area contributed by atoms with Crippen molar-refractivity contribution >= 4 is 5.91 Å². The second-order valence-electron chi connectivity index (χ2n) is 4.46. The minimum Gasteiger partial charge on any atom is -0.366 e. The van der Waals surface area contributed by atoms with Crippen molar-refractivity contribution in [2.45, 2.75) is 27.7 Å². The highest BCUT2D eigenvalue weighted by Crippen LogP contribution is 2.28. The summed E-state index contributed by atoms with van der Waals surface area (Å²) in [7, 11) is 0. The summed E-state index contributed by atoms with van der Waals surface area (Å²) in [5.74, 6) is -0.472. The Labute approximate surface area is 105 Å². The van der Waals surface area contributed by atoms with E-state index in [9.17, 15) is 4.79 Å². The van der Waals surface area contributed by atoms with Crippen LogP contribution in [0.5, 0.6) is 0 Å². The molecule has 0 radical (unpaired) electrons. The standard InChI is InChI=1S/C13H16N4O/c1-6-5-10(13(14)18)12(15-7(6)2)11-8(3)16-17-9(11)4/h5H,1-4H3,(H2,14,18)(H,16,17). The number of carbonyl (C=O) groups is 1. The maximum Gasteiger partial charge on any atom is 0.250 e. The van der Waals surface area contributed by atoms with Crippen LogP contribution in [0.1, 0.15) is 33.0 Å². The lowest BCUT2D eigenvalue weighted by Crippen LogP contribution is -2.14. The van der Waals surface area contributed by atoms with Crippen LogP contribution in [-0.4, -0.2) is 21.1 Å². The molecule has 0 aliphatic heterocycles. The molecular formula is C13H16N4O. The summed E-state index contributed by atoms with van der Waals surface area (Å²) in [6.45, 7) is 7.60. The van der Waals surface area contributed by atoms with Gasteiger partial charge in [0.05, 0.1) is 17.0 Å². The van der Waals surface area contributed by atoms with Crippen LogP contribution in [0, 0.1) is 27.7 Å². The van der Waals surface area contributed by atoms with E-state index in [1.54, 1.807) is 6.07 Å². The number of nitrogens with two attached hydrogens (primary N) is 1. The van der Waals surface area contributed by atoms with Gasteiger partial charge in [-0.05, 0) is 39.3 Å². The second kappa shape index (κ2) is 4.25. The molecule has 0 aliphatic carbocycles. The maximum absolute atomic E-state index is 11.6. The molecule has 5 heteroatoms. The fourth-order valence-electron chi connectivity index (χ4n) is 1.98. The fraction of sp³-hybridized carbons (Fsp3) is 0.308. The van der Waals surface area contributed by atoms with Crippen LogP contribution in [0.2, 0.25) is 0 Å². The molecule has 0 bridgehead atoms. The molecule has 0 saturated carbocycles. The molecule has 3 N–H and O–H groups in total. The Bertz CT molecular complexity index is 609. The van der Waals surface area contributed by atoms with Crippen molar-refractivity contribution in [2.75, 3.05) is 0 Å². The van der Waals surface area contributed by atoms with E-state index in [-0.39, 0.29) is 0 Å². The topological polar surface area (TPSA) is 84.7 Å². The molecule has 0 unspecified atom stereocenters. The number of hydrogen-bond donors (Lipinski definition) is 2. The van der Waals surface area contributed by atoms with Gasteiger partial charge in [0.25, 0.3) is 5.91 Å². The summed E-state index contributed by atoms with van der Waals surface area (Å²) >= 11 is 0. The Morgan fingerprint density at radius 3 is 2.39 bits per heavy atom. The van der Waals surface area contributed by atoms with E-state index in [1.807, 2.05) is 27.7 Å². The lowest BCUT2D eigenvalue weighted by molar-refractivity contribution is 0.100.